The van der Waals surface area contributed by atoms with Crippen LogP contribution in [0.5, 0.6) is 40.2 Å². The van der Waals surface area contributed by atoms with Crippen LogP contribution in [-0.4, -0.2) is 103 Å². The van der Waals surface area contributed by atoms with Crippen LogP contribution in [0.1, 0.15) is 75.7 Å². The SMILES string of the molecule is COc1cc2c(cc1OC(C)=O)CCN[C@]21CS[C@@H]2c3c(OC(C)=O)c(C)c4c(c3[C@@H](COC1=O)N1C2[C@H]2c3c(cc(C)c(OC)c3O)C[C@H]([C@@H]1O)N2C)OCO4. The molecule has 10 rings (SSSR count). The minimum Gasteiger partial charge on any atom is -0.504 e. The number of aliphatic hydroxyl groups is 1. The van der Waals surface area contributed by atoms with Crippen LogP contribution < -0.4 is 33.7 Å². The average Bonchev–Trinajstić information content (AvgIpc) is 3.66. The number of hydrogen-bond acceptors (Lipinski definition) is 16. The van der Waals surface area contributed by atoms with Gasteiger partial charge in [-0.05, 0) is 68.1 Å². The molecule has 0 radical (unpaired) electrons. The Labute approximate surface area is 333 Å². The second kappa shape index (κ2) is 13.7. The van der Waals surface area contributed by atoms with Crippen LogP contribution in [0.2, 0.25) is 0 Å². The molecule has 57 heavy (non-hydrogen) atoms. The number of esters is 3. The fraction of sp³-hybridized carbons (Fsp3) is 0.488. The number of rotatable bonds is 4. The maximum absolute atomic E-state index is 14.8. The highest BCUT2D eigenvalue weighted by atomic mass is 32.2. The largest absolute Gasteiger partial charge is 0.504 e. The number of ether oxygens (including phenoxy) is 7. The Morgan fingerprint density at radius 2 is 1.70 bits per heavy atom. The first kappa shape index (κ1) is 37.8. The Kier molecular flexibility index (Phi) is 9.08. The highest BCUT2D eigenvalue weighted by molar-refractivity contribution is 7.99. The van der Waals surface area contributed by atoms with E-state index >= 15 is 0 Å². The third kappa shape index (κ3) is 5.44. The van der Waals surface area contributed by atoms with E-state index in [0.717, 1.165) is 16.7 Å². The number of aryl methyl sites for hydroxylation is 1. The molecule has 7 atom stereocenters. The highest BCUT2D eigenvalue weighted by Crippen LogP contribution is 2.64. The number of methoxy groups -OCH3 is 2. The van der Waals surface area contributed by atoms with E-state index < -0.39 is 59.1 Å². The van der Waals surface area contributed by atoms with Crippen LogP contribution in [0.25, 0.3) is 0 Å². The smallest absolute Gasteiger partial charge is 0.331 e. The Bertz CT molecular complexity index is 2250. The molecular formula is C41H45N3O12S. The van der Waals surface area contributed by atoms with Crippen LogP contribution in [0.15, 0.2) is 18.2 Å². The number of fused-ring (bicyclic) bond motifs is 9. The Morgan fingerprint density at radius 3 is 2.42 bits per heavy atom. The normalized spacial score (nSPS) is 28.4. The van der Waals surface area contributed by atoms with Gasteiger partial charge in [0.25, 0.3) is 0 Å². The molecule has 1 spiro atoms. The van der Waals surface area contributed by atoms with Crippen molar-refractivity contribution in [2.45, 2.75) is 81.7 Å². The summed E-state index contributed by atoms with van der Waals surface area (Å²) in [4.78, 5) is 43.9. The summed E-state index contributed by atoms with van der Waals surface area (Å²) in [5.74, 6) is 0.657. The molecule has 0 amide bonds. The Hall–Kier alpha value is -4.74. The molecule has 3 aromatic carbocycles. The van der Waals surface area contributed by atoms with Gasteiger partial charge < -0.3 is 43.4 Å². The zero-order valence-electron chi connectivity index (χ0n) is 32.7. The number of aliphatic hydroxyl groups excluding tert-OH is 1. The van der Waals surface area contributed by atoms with Gasteiger partial charge in [-0.1, -0.05) is 6.07 Å². The second-order valence-electron chi connectivity index (χ2n) is 15.5. The lowest BCUT2D eigenvalue weighted by molar-refractivity contribution is -0.186. The molecule has 0 saturated carbocycles. The number of hydrogen-bond donors (Lipinski definition) is 3. The maximum atomic E-state index is 14.8. The van der Waals surface area contributed by atoms with E-state index in [0.29, 0.717) is 70.2 Å². The van der Waals surface area contributed by atoms with E-state index in [1.54, 1.807) is 12.1 Å². The van der Waals surface area contributed by atoms with Crippen molar-refractivity contribution in [3.63, 3.8) is 0 Å². The van der Waals surface area contributed by atoms with Gasteiger partial charge in [-0.15, -0.1) is 11.8 Å². The minimum atomic E-state index is -1.40. The fourth-order valence-corrected chi connectivity index (χ4v) is 11.9. The number of piperazine rings is 1. The molecule has 2 fully saturated rings. The average molecular weight is 804 g/mol. The van der Waals surface area contributed by atoms with Crippen molar-refractivity contribution in [2.24, 2.45) is 0 Å². The molecule has 3 aromatic rings. The molecule has 302 valence electrons. The number of thioether (sulfide) groups is 1. The van der Waals surface area contributed by atoms with Gasteiger partial charge in [-0.25, -0.2) is 4.79 Å². The highest BCUT2D eigenvalue weighted by Gasteiger charge is 2.61. The second-order valence-corrected chi connectivity index (χ2v) is 16.6. The van der Waals surface area contributed by atoms with E-state index in [9.17, 15) is 24.6 Å². The topological polar surface area (TPSA) is 175 Å². The molecule has 2 saturated heterocycles. The molecule has 3 N–H and O–H groups in total. The van der Waals surface area contributed by atoms with Gasteiger partial charge in [-0.3, -0.25) is 24.7 Å². The fourth-order valence-electron chi connectivity index (χ4n) is 10.2. The standard InChI is InChI=1S/C41H45N3O12S/c1-17-10-22-11-24-39(48)44-25-14-52-40(49)41(23-13-26(50-6)27(55-19(3)45)12-21(23)8-9-42-41)15-57-38(32(44)31(43(24)5)28(22)33(47)34(17)51-7)30-29(25)37-36(53-16-54-37)18(2)35(30)56-20(4)46/h10,12-13,24-25,31-32,38-39,42,47-48H,8-9,11,14-16H2,1-7H3/t24-,25-,31-,32?,38-,39+,41-/m1/s1. The number of carbonyl (C=O) groups excluding carboxylic acids is 3. The molecule has 7 aliphatic rings. The molecule has 1 unspecified atom stereocenters. The van der Waals surface area contributed by atoms with Crippen LogP contribution in [0, 0.1) is 13.8 Å². The van der Waals surface area contributed by atoms with Gasteiger partial charge in [0.15, 0.2) is 40.0 Å². The van der Waals surface area contributed by atoms with Crippen LogP contribution in [-0.2, 0) is 37.5 Å². The van der Waals surface area contributed by atoms with E-state index in [4.69, 9.17) is 33.2 Å². The van der Waals surface area contributed by atoms with Crippen molar-refractivity contribution in [3.8, 4) is 40.2 Å². The molecule has 0 aliphatic carbocycles. The van der Waals surface area contributed by atoms with Gasteiger partial charge in [-0.2, -0.15) is 0 Å². The predicted molar refractivity (Wildman–Crippen MR) is 204 cm³/mol. The van der Waals surface area contributed by atoms with Crippen molar-refractivity contribution in [1.29, 1.82) is 0 Å². The van der Waals surface area contributed by atoms with E-state index in [1.807, 2.05) is 31.9 Å². The van der Waals surface area contributed by atoms with Crippen molar-refractivity contribution in [3.05, 3.63) is 62.7 Å². The molecular weight excluding hydrogens is 759 g/mol. The number of carbonyl (C=O) groups is 3. The Balaban J connectivity index is 1.30. The summed E-state index contributed by atoms with van der Waals surface area (Å²) in [7, 11) is 4.95. The van der Waals surface area contributed by atoms with E-state index in [-0.39, 0.29) is 36.4 Å². The van der Waals surface area contributed by atoms with Crippen molar-refractivity contribution in [2.75, 3.05) is 47.0 Å². The first-order valence-corrected chi connectivity index (χ1v) is 20.0. The predicted octanol–water partition coefficient (Wildman–Crippen LogP) is 3.63. The summed E-state index contributed by atoms with van der Waals surface area (Å²) in [6.07, 6.45) is -0.0837. The number of nitrogens with one attached hydrogen (secondary N) is 1. The first-order valence-electron chi connectivity index (χ1n) is 19.0. The summed E-state index contributed by atoms with van der Waals surface area (Å²) in [6.45, 7) is 6.50. The molecule has 4 bridgehead atoms. The van der Waals surface area contributed by atoms with Crippen molar-refractivity contribution < 1.29 is 57.8 Å². The molecule has 7 heterocycles. The number of benzene rings is 3. The van der Waals surface area contributed by atoms with E-state index in [1.165, 1.54) is 39.8 Å². The first-order chi connectivity index (χ1) is 27.3. The summed E-state index contributed by atoms with van der Waals surface area (Å²) in [5.41, 5.74) is 4.23. The number of likely N-dealkylation sites (N-methyl/N-ethyl adjacent to an activating group) is 1. The van der Waals surface area contributed by atoms with Crippen LogP contribution >= 0.6 is 11.8 Å². The van der Waals surface area contributed by atoms with Gasteiger partial charge >= 0.3 is 17.9 Å². The van der Waals surface area contributed by atoms with Gasteiger partial charge in [0.2, 0.25) is 6.79 Å². The van der Waals surface area contributed by atoms with Gasteiger partial charge in [0.05, 0.1) is 37.6 Å². The molecule has 15 nitrogen and oxygen atoms in total. The molecule has 7 aliphatic heterocycles. The van der Waals surface area contributed by atoms with Crippen molar-refractivity contribution >= 4 is 29.7 Å². The lowest BCUT2D eigenvalue weighted by atomic mass is 9.73. The number of phenols is 1. The summed E-state index contributed by atoms with van der Waals surface area (Å²) in [6, 6.07) is 3.18. The van der Waals surface area contributed by atoms with Gasteiger partial charge in [0.1, 0.15) is 18.6 Å². The van der Waals surface area contributed by atoms with Gasteiger partial charge in [0, 0.05) is 54.4 Å². The monoisotopic (exact) mass is 803 g/mol. The lowest BCUT2D eigenvalue weighted by Gasteiger charge is -2.62. The third-order valence-corrected chi connectivity index (χ3v) is 14.0. The zero-order valence-corrected chi connectivity index (χ0v) is 33.5. The lowest BCUT2D eigenvalue weighted by Crippen LogP contribution is -2.70. The van der Waals surface area contributed by atoms with Crippen LogP contribution in [0.4, 0.5) is 0 Å². The summed E-state index contributed by atoms with van der Waals surface area (Å²) < 4.78 is 41.7. The van der Waals surface area contributed by atoms with E-state index in [2.05, 4.69) is 10.2 Å². The number of nitrogens with zero attached hydrogens (tertiary/aromatic N) is 2. The molecule has 16 heteroatoms. The number of aromatic hydroxyl groups is 1. The number of phenolic OH excluding ortho intramolecular Hbond substituents is 1. The summed E-state index contributed by atoms with van der Waals surface area (Å²) in [5, 5.41) is 27.5. The molecule has 0 aromatic heterocycles. The quantitative estimate of drug-likeness (QED) is 0.258. The zero-order chi connectivity index (χ0) is 40.2. The summed E-state index contributed by atoms with van der Waals surface area (Å²) >= 11 is 1.46. The maximum Gasteiger partial charge on any atom is 0.331 e. The third-order valence-electron chi connectivity index (χ3n) is 12.5. The van der Waals surface area contributed by atoms with Crippen LogP contribution in [0.3, 0.4) is 0 Å². The Morgan fingerprint density at radius 1 is 0.947 bits per heavy atom. The van der Waals surface area contributed by atoms with Crippen molar-refractivity contribution in [1.82, 2.24) is 15.1 Å². The minimum absolute atomic E-state index is 0.0286.